The zero-order chi connectivity index (χ0) is 22.5. The molecule has 0 bridgehead atoms. The van der Waals surface area contributed by atoms with E-state index < -0.39 is 0 Å². The maximum atomic E-state index is 12.9. The van der Waals surface area contributed by atoms with Crippen LogP contribution in [0.2, 0.25) is 0 Å². The molecule has 1 unspecified atom stereocenters. The third-order valence-electron chi connectivity index (χ3n) is 6.17. The second-order valence-electron chi connectivity index (χ2n) is 8.76. The molecule has 0 aliphatic carbocycles. The van der Waals surface area contributed by atoms with Gasteiger partial charge in [-0.05, 0) is 49.1 Å². The number of pyridine rings is 1. The Balaban J connectivity index is 1.41. The van der Waals surface area contributed by atoms with Crippen LogP contribution in [0.5, 0.6) is 5.75 Å². The highest BCUT2D eigenvalue weighted by Gasteiger charge is 2.26. The van der Waals surface area contributed by atoms with Crippen molar-refractivity contribution in [3.63, 3.8) is 0 Å². The van der Waals surface area contributed by atoms with E-state index in [1.165, 1.54) is 0 Å². The summed E-state index contributed by atoms with van der Waals surface area (Å²) >= 11 is 0. The number of carbonyl (C=O) groups is 1. The molecule has 1 aromatic carbocycles. The summed E-state index contributed by atoms with van der Waals surface area (Å²) in [4.78, 5) is 24.4. The number of hydrogen-bond donors (Lipinski definition) is 0. The molecule has 0 spiro atoms. The highest BCUT2D eigenvalue weighted by Crippen LogP contribution is 2.27. The van der Waals surface area contributed by atoms with Gasteiger partial charge in [-0.3, -0.25) is 9.36 Å². The summed E-state index contributed by atoms with van der Waals surface area (Å²) in [5.74, 6) is 3.55. The third-order valence-corrected chi connectivity index (χ3v) is 6.17. The van der Waals surface area contributed by atoms with Crippen LogP contribution in [-0.2, 0) is 11.2 Å². The first kappa shape index (κ1) is 22.1. The Morgan fingerprint density at radius 3 is 2.75 bits per heavy atom. The molecule has 1 aliphatic heterocycles. The van der Waals surface area contributed by atoms with E-state index in [2.05, 4.69) is 35.5 Å². The highest BCUT2D eigenvalue weighted by atomic mass is 16.5. The number of aryl methyl sites for hydroxylation is 1. The maximum absolute atomic E-state index is 12.9. The van der Waals surface area contributed by atoms with E-state index in [1.54, 1.807) is 7.11 Å². The average Bonchev–Trinajstić information content (AvgIpc) is 3.34. The number of benzene rings is 1. The van der Waals surface area contributed by atoms with Gasteiger partial charge in [0.1, 0.15) is 17.4 Å². The van der Waals surface area contributed by atoms with Crippen LogP contribution >= 0.6 is 0 Å². The van der Waals surface area contributed by atoms with Gasteiger partial charge in [-0.15, -0.1) is 0 Å². The lowest BCUT2D eigenvalue weighted by molar-refractivity contribution is -0.132. The number of amides is 1. The fraction of sp³-hybridized carbons (Fsp3) is 0.423. The number of aromatic nitrogens is 3. The van der Waals surface area contributed by atoms with Gasteiger partial charge >= 0.3 is 0 Å². The Bertz CT molecular complexity index is 1040. The smallest absolute Gasteiger partial charge is 0.222 e. The first-order valence-electron chi connectivity index (χ1n) is 11.5. The summed E-state index contributed by atoms with van der Waals surface area (Å²) < 4.78 is 7.27. The molecular weight excluding hydrogens is 400 g/mol. The zero-order valence-electron chi connectivity index (χ0n) is 19.2. The van der Waals surface area contributed by atoms with Crippen molar-refractivity contribution in [2.75, 3.05) is 20.2 Å². The van der Waals surface area contributed by atoms with Crippen LogP contribution in [0.4, 0.5) is 0 Å². The molecule has 32 heavy (non-hydrogen) atoms. The van der Waals surface area contributed by atoms with Crippen molar-refractivity contribution < 1.29 is 9.53 Å². The Hall–Kier alpha value is -3.15. The molecule has 168 valence electrons. The van der Waals surface area contributed by atoms with E-state index in [0.29, 0.717) is 12.3 Å². The van der Waals surface area contributed by atoms with Crippen LogP contribution in [0.3, 0.4) is 0 Å². The lowest BCUT2D eigenvalue weighted by Crippen LogP contribution is -2.39. The molecule has 3 aromatic rings. The minimum atomic E-state index is 0.221. The molecule has 1 amide bonds. The summed E-state index contributed by atoms with van der Waals surface area (Å²) in [7, 11) is 1.66. The Morgan fingerprint density at radius 1 is 1.19 bits per heavy atom. The predicted octanol–water partition coefficient (Wildman–Crippen LogP) is 4.74. The molecular formula is C26H32N4O2. The molecule has 6 heteroatoms. The number of methoxy groups -OCH3 is 1. The minimum Gasteiger partial charge on any atom is -0.497 e. The lowest BCUT2D eigenvalue weighted by atomic mass is 9.94. The van der Waals surface area contributed by atoms with Gasteiger partial charge in [-0.2, -0.15) is 0 Å². The van der Waals surface area contributed by atoms with Crippen molar-refractivity contribution in [1.29, 1.82) is 0 Å². The molecule has 6 nitrogen and oxygen atoms in total. The lowest BCUT2D eigenvalue weighted by Gasteiger charge is -2.33. The van der Waals surface area contributed by atoms with Crippen LogP contribution in [0.1, 0.15) is 62.0 Å². The minimum absolute atomic E-state index is 0.221. The van der Waals surface area contributed by atoms with Gasteiger partial charge < -0.3 is 9.64 Å². The molecule has 4 rings (SSSR count). The Morgan fingerprint density at radius 2 is 2.00 bits per heavy atom. The van der Waals surface area contributed by atoms with Gasteiger partial charge in [0.05, 0.1) is 7.11 Å². The number of hydrogen-bond acceptors (Lipinski definition) is 4. The van der Waals surface area contributed by atoms with Crippen LogP contribution in [0.25, 0.3) is 5.82 Å². The molecule has 1 atom stereocenters. The molecule has 0 N–H and O–H groups in total. The monoisotopic (exact) mass is 432 g/mol. The van der Waals surface area contributed by atoms with Crippen LogP contribution in [0, 0.1) is 0 Å². The summed E-state index contributed by atoms with van der Waals surface area (Å²) in [6.07, 6.45) is 7.13. The van der Waals surface area contributed by atoms with Crippen molar-refractivity contribution in [3.05, 3.63) is 71.9 Å². The van der Waals surface area contributed by atoms with Crippen molar-refractivity contribution in [2.45, 2.75) is 51.4 Å². The van der Waals surface area contributed by atoms with E-state index in [1.807, 2.05) is 47.6 Å². The number of piperidine rings is 1. The topological polar surface area (TPSA) is 60.2 Å². The van der Waals surface area contributed by atoms with Gasteiger partial charge in [-0.25, -0.2) is 9.97 Å². The number of likely N-dealkylation sites (tertiary alicyclic amines) is 1. The summed E-state index contributed by atoms with van der Waals surface area (Å²) in [6, 6.07) is 14.1. The Labute approximate surface area is 190 Å². The third kappa shape index (κ3) is 5.01. The van der Waals surface area contributed by atoms with Crippen molar-refractivity contribution in [2.24, 2.45) is 0 Å². The van der Waals surface area contributed by atoms with E-state index in [0.717, 1.165) is 61.0 Å². The first-order chi connectivity index (χ1) is 15.5. The summed E-state index contributed by atoms with van der Waals surface area (Å²) in [6.45, 7) is 5.84. The fourth-order valence-electron chi connectivity index (χ4n) is 4.38. The van der Waals surface area contributed by atoms with Gasteiger partial charge in [0, 0.05) is 49.4 Å². The zero-order valence-corrected chi connectivity index (χ0v) is 19.2. The van der Waals surface area contributed by atoms with Gasteiger partial charge in [0.15, 0.2) is 0 Å². The predicted molar refractivity (Wildman–Crippen MR) is 125 cm³/mol. The van der Waals surface area contributed by atoms with Gasteiger partial charge in [-0.1, -0.05) is 32.0 Å². The van der Waals surface area contributed by atoms with E-state index in [4.69, 9.17) is 9.72 Å². The van der Waals surface area contributed by atoms with Crippen molar-refractivity contribution >= 4 is 5.91 Å². The second kappa shape index (κ2) is 9.98. The molecule has 1 aliphatic rings. The second-order valence-corrected chi connectivity index (χ2v) is 8.76. The molecule has 3 heterocycles. The highest BCUT2D eigenvalue weighted by molar-refractivity contribution is 5.76. The number of nitrogens with zero attached hydrogens (tertiary/aromatic N) is 4. The average molecular weight is 433 g/mol. The molecule has 1 saturated heterocycles. The van der Waals surface area contributed by atoms with Crippen LogP contribution in [0.15, 0.2) is 54.9 Å². The maximum Gasteiger partial charge on any atom is 0.222 e. The summed E-state index contributed by atoms with van der Waals surface area (Å²) in [5.41, 5.74) is 2.21. The molecule has 0 saturated carbocycles. The number of carbonyl (C=O) groups excluding carboxylic acids is 1. The van der Waals surface area contributed by atoms with Gasteiger partial charge in [0.2, 0.25) is 5.91 Å². The fourth-order valence-corrected chi connectivity index (χ4v) is 4.38. The summed E-state index contributed by atoms with van der Waals surface area (Å²) in [5, 5.41) is 0. The van der Waals surface area contributed by atoms with Gasteiger partial charge in [0.25, 0.3) is 0 Å². The molecule has 1 fully saturated rings. The standard InChI is InChI=1S/C26H32N4O2/c1-19(2)26-27-15-17-30(26)24-8-4-7-23(28-24)21-6-5-16-29(18-21)25(31)14-11-20-9-12-22(32-3)13-10-20/h4,7-10,12-13,15,17,19,21H,5-6,11,14,16,18H2,1-3H3. The SMILES string of the molecule is COc1ccc(CCC(=O)N2CCCC(c3cccc(-n4ccnc4C(C)C)n3)C2)cc1. The van der Waals surface area contributed by atoms with E-state index >= 15 is 0 Å². The van der Waals surface area contributed by atoms with Crippen LogP contribution in [-0.4, -0.2) is 45.5 Å². The quantitative estimate of drug-likeness (QED) is 0.541. The van der Waals surface area contributed by atoms with Crippen molar-refractivity contribution in [1.82, 2.24) is 19.4 Å². The Kier molecular flexibility index (Phi) is 6.88. The van der Waals surface area contributed by atoms with Crippen LogP contribution < -0.4 is 4.74 Å². The molecule has 0 radical (unpaired) electrons. The first-order valence-corrected chi connectivity index (χ1v) is 11.5. The van der Waals surface area contributed by atoms with Crippen molar-refractivity contribution in [3.8, 4) is 11.6 Å². The number of rotatable bonds is 7. The van der Waals surface area contributed by atoms with E-state index in [-0.39, 0.29) is 11.8 Å². The number of ether oxygens (including phenoxy) is 1. The normalized spacial score (nSPS) is 16.4. The molecule has 2 aromatic heterocycles. The largest absolute Gasteiger partial charge is 0.497 e. The van der Waals surface area contributed by atoms with E-state index in [9.17, 15) is 4.79 Å². The number of imidazole rings is 1.